The zero-order valence-electron chi connectivity index (χ0n) is 48.1. The first-order valence-corrected chi connectivity index (χ1v) is 28.5. The molecule has 0 saturated carbocycles. The maximum atomic E-state index is 14.8. The van der Waals surface area contributed by atoms with Crippen LogP contribution in [0.2, 0.25) is 0 Å². The fraction of sp³-hybridized carbons (Fsp3) is 0.492. The smallest absolute Gasteiger partial charge is 0.254 e. The molecule has 3 aromatic carbocycles. The van der Waals surface area contributed by atoms with Crippen LogP contribution in [0.3, 0.4) is 0 Å². The van der Waals surface area contributed by atoms with Gasteiger partial charge in [-0.05, 0) is 116 Å². The van der Waals surface area contributed by atoms with Crippen LogP contribution in [-0.4, -0.2) is 140 Å². The number of hydrogen-bond donors (Lipinski definition) is 5. The summed E-state index contributed by atoms with van der Waals surface area (Å²) >= 11 is 0. The van der Waals surface area contributed by atoms with Crippen molar-refractivity contribution in [3.05, 3.63) is 118 Å². The molecular weight excluding hydrogens is 1050 g/mol. The zero-order valence-corrected chi connectivity index (χ0v) is 48.1. The topological polar surface area (TPSA) is 237 Å². The van der Waals surface area contributed by atoms with Crippen molar-refractivity contribution in [3.8, 4) is 22.8 Å². The van der Waals surface area contributed by atoms with E-state index in [1.165, 1.54) is 17.7 Å². The number of benzene rings is 3. The number of hydrogen-bond acceptors (Lipinski definition) is 14. The van der Waals surface area contributed by atoms with Crippen molar-refractivity contribution >= 4 is 41.0 Å². The molecule has 438 valence electrons. The van der Waals surface area contributed by atoms with Crippen LogP contribution in [0.1, 0.15) is 116 Å². The molecule has 5 amide bonds. The zero-order chi connectivity index (χ0) is 58.2. The lowest BCUT2D eigenvalue weighted by atomic mass is 9.83. The first-order valence-electron chi connectivity index (χ1n) is 28.5. The van der Waals surface area contributed by atoms with Crippen LogP contribution in [0, 0.1) is 11.2 Å². The number of pyridine rings is 1. The lowest BCUT2D eigenvalue weighted by Gasteiger charge is -2.41. The standard InChI is InChI=1S/C61H78FN11O9/c1-37(64-5)56(75)68-54(61(2,3)4)59(78)72-35-41-30-43(19-17-39(41)31-51(72)57(76)67-47-15-10-13-38-12-8-9-14-44(38)47)82-29-28-81-27-26-80-25-21-52(74)65-22-24-73-60(79-7)53-40-32-50(55(63)66-34-40)71-23-11-16-49(71)46-33-42(62)18-20-45(46)58(77)70(6)36-48(53)69-73/h8-9,12,14,17-20,30,32-34,37,47,49,51,54,64H,10-11,13,15-16,21-29,31,35-36H2,1-7H3,(H2,63,66)(H,65,74)(H,67,76)(H,68,75)/t37-,47+,49+,51-,54+/m0/s1. The number of nitrogens with zero attached hydrogens (tertiary/aromatic N) is 6. The third kappa shape index (κ3) is 13.3. The summed E-state index contributed by atoms with van der Waals surface area (Å²) in [6.07, 6.45) is 6.31. The summed E-state index contributed by atoms with van der Waals surface area (Å²) in [4.78, 5) is 79.2. The Morgan fingerprint density at radius 3 is 2.46 bits per heavy atom. The summed E-state index contributed by atoms with van der Waals surface area (Å²) in [5, 5.41) is 17.0. The summed E-state index contributed by atoms with van der Waals surface area (Å²) in [5.41, 5.74) is 13.5. The number of rotatable bonds is 20. The number of methoxy groups -OCH3 is 1. The predicted molar refractivity (Wildman–Crippen MR) is 307 cm³/mol. The van der Waals surface area contributed by atoms with Gasteiger partial charge in [0.15, 0.2) is 0 Å². The minimum atomic E-state index is -0.902. The molecule has 20 nitrogen and oxygen atoms in total. The molecule has 21 heteroatoms. The normalized spacial score (nSPS) is 18.3. The van der Waals surface area contributed by atoms with E-state index in [0.717, 1.165) is 42.4 Å². The number of ether oxygens (including phenoxy) is 4. The van der Waals surface area contributed by atoms with Crippen LogP contribution in [0.25, 0.3) is 11.1 Å². The summed E-state index contributed by atoms with van der Waals surface area (Å²) in [7, 11) is 4.92. The van der Waals surface area contributed by atoms with E-state index in [0.29, 0.717) is 70.5 Å². The van der Waals surface area contributed by atoms with Gasteiger partial charge in [0.25, 0.3) is 5.91 Å². The van der Waals surface area contributed by atoms with Crippen LogP contribution >= 0.6 is 0 Å². The Balaban J connectivity index is 0.750. The molecule has 0 radical (unpaired) electrons. The first-order chi connectivity index (χ1) is 39.4. The molecule has 82 heavy (non-hydrogen) atoms. The van der Waals surface area contributed by atoms with Gasteiger partial charge in [0.05, 0.1) is 81.7 Å². The van der Waals surface area contributed by atoms with Gasteiger partial charge >= 0.3 is 0 Å². The highest BCUT2D eigenvalue weighted by Crippen LogP contribution is 2.44. The minimum Gasteiger partial charge on any atom is -0.491 e. The highest BCUT2D eigenvalue weighted by molar-refractivity contribution is 5.97. The summed E-state index contributed by atoms with van der Waals surface area (Å²) in [6, 6.07) is 17.4. The summed E-state index contributed by atoms with van der Waals surface area (Å²) in [6.45, 7) is 10.1. The van der Waals surface area contributed by atoms with Crippen LogP contribution in [-0.2, 0) is 61.1 Å². The Kier molecular flexibility index (Phi) is 18.8. The van der Waals surface area contributed by atoms with E-state index in [-0.39, 0.29) is 107 Å². The number of amides is 5. The molecule has 4 aliphatic rings. The maximum Gasteiger partial charge on any atom is 0.254 e. The number of likely N-dealkylation sites (N-methyl/N-ethyl adjacent to an activating group) is 1. The second kappa shape index (κ2) is 26.1. The van der Waals surface area contributed by atoms with Crippen molar-refractivity contribution in [2.45, 2.75) is 122 Å². The molecule has 6 N–H and O–H groups in total. The van der Waals surface area contributed by atoms with Crippen molar-refractivity contribution in [1.29, 1.82) is 0 Å². The Morgan fingerprint density at radius 2 is 1.68 bits per heavy atom. The quantitative estimate of drug-likeness (QED) is 0.0579. The molecular formula is C61H78FN11O9. The average molecular weight is 1130 g/mol. The van der Waals surface area contributed by atoms with Gasteiger partial charge in [-0.15, -0.1) is 0 Å². The van der Waals surface area contributed by atoms with Crippen molar-refractivity contribution in [3.63, 3.8) is 0 Å². The van der Waals surface area contributed by atoms with E-state index in [1.54, 1.807) is 54.9 Å². The number of carbonyl (C=O) groups is 5. The second-order valence-corrected chi connectivity index (χ2v) is 22.7. The van der Waals surface area contributed by atoms with E-state index < -0.39 is 29.4 Å². The predicted octanol–water partition coefficient (Wildman–Crippen LogP) is 5.81. The lowest BCUT2D eigenvalue weighted by molar-refractivity contribution is -0.147. The average Bonchev–Trinajstić information content (AvgIpc) is 4.27. The minimum absolute atomic E-state index is 0.113. The van der Waals surface area contributed by atoms with E-state index in [2.05, 4.69) is 43.3 Å². The molecule has 0 spiro atoms. The molecule has 1 fully saturated rings. The number of fused-ring (bicyclic) bond motifs is 10. The van der Waals surface area contributed by atoms with Gasteiger partial charge in [-0.3, -0.25) is 24.0 Å². The number of nitrogens with two attached hydrogens (primary N) is 1. The molecule has 2 aromatic heterocycles. The van der Waals surface area contributed by atoms with Gasteiger partial charge in [-0.2, -0.15) is 5.10 Å². The fourth-order valence-corrected chi connectivity index (χ4v) is 11.6. The lowest BCUT2D eigenvalue weighted by Crippen LogP contribution is -2.62. The number of carbonyl (C=O) groups excluding carboxylic acids is 5. The fourth-order valence-electron chi connectivity index (χ4n) is 11.6. The van der Waals surface area contributed by atoms with Crippen molar-refractivity contribution in [1.82, 2.24) is 45.8 Å². The molecule has 0 unspecified atom stereocenters. The Bertz CT molecular complexity index is 3150. The van der Waals surface area contributed by atoms with Crippen LogP contribution < -0.4 is 41.4 Å². The largest absolute Gasteiger partial charge is 0.491 e. The van der Waals surface area contributed by atoms with Crippen LogP contribution in [0.4, 0.5) is 15.9 Å². The first kappa shape index (κ1) is 59.0. The van der Waals surface area contributed by atoms with E-state index in [9.17, 15) is 28.4 Å². The monoisotopic (exact) mass is 1130 g/mol. The van der Waals surface area contributed by atoms with Gasteiger partial charge in [-0.25, -0.2) is 14.1 Å². The van der Waals surface area contributed by atoms with Gasteiger partial charge in [0.1, 0.15) is 36.1 Å². The molecule has 5 heterocycles. The van der Waals surface area contributed by atoms with Gasteiger partial charge in [0, 0.05) is 56.8 Å². The molecule has 1 saturated heterocycles. The van der Waals surface area contributed by atoms with Crippen LogP contribution in [0.15, 0.2) is 72.9 Å². The van der Waals surface area contributed by atoms with E-state index in [1.807, 2.05) is 57.2 Å². The van der Waals surface area contributed by atoms with Crippen molar-refractivity contribution < 1.29 is 47.3 Å². The Hall–Kier alpha value is -7.62. The van der Waals surface area contributed by atoms with Crippen LogP contribution in [0.5, 0.6) is 11.6 Å². The highest BCUT2D eigenvalue weighted by atomic mass is 19.1. The molecule has 1 aliphatic carbocycles. The Labute approximate surface area is 478 Å². The SMILES string of the molecule is CN[C@@H](C)C(=O)N[C@H](C(=O)N1Cc2cc(OCCOCCOCCC(=O)NCCn3nc4c(c3OC)-c3cnc(N)c(c3)N3CCC[C@@H]3c3cc(F)ccc3C(=O)N(C)C4)ccc2C[C@H]1C(=O)N[C@@H]1CCCc2ccccc21)C(C)(C)C. The van der Waals surface area contributed by atoms with E-state index >= 15 is 0 Å². The molecule has 9 rings (SSSR count). The second-order valence-electron chi connectivity index (χ2n) is 22.7. The third-order valence-corrected chi connectivity index (χ3v) is 16.0. The Morgan fingerprint density at radius 1 is 0.902 bits per heavy atom. The maximum absolute atomic E-state index is 14.8. The van der Waals surface area contributed by atoms with Gasteiger partial charge in [-0.1, -0.05) is 51.1 Å². The summed E-state index contributed by atoms with van der Waals surface area (Å²) < 4.78 is 40.0. The molecule has 2 bridgehead atoms. The van der Waals surface area contributed by atoms with Gasteiger partial charge in [0.2, 0.25) is 29.5 Å². The van der Waals surface area contributed by atoms with E-state index in [4.69, 9.17) is 29.8 Å². The number of nitrogens with one attached hydrogen (secondary N) is 4. The number of halogens is 1. The number of nitrogen functional groups attached to an aromatic ring is 1. The van der Waals surface area contributed by atoms with Crippen molar-refractivity contribution in [2.75, 3.05) is 78.0 Å². The van der Waals surface area contributed by atoms with Gasteiger partial charge < -0.3 is 60.6 Å². The highest BCUT2D eigenvalue weighted by Gasteiger charge is 2.43. The number of anilines is 2. The molecule has 5 atom stereocenters. The third-order valence-electron chi connectivity index (χ3n) is 16.0. The number of aromatic nitrogens is 3. The summed E-state index contributed by atoms with van der Waals surface area (Å²) in [5.74, 6) is -0.445. The number of aryl methyl sites for hydroxylation is 1. The molecule has 5 aromatic rings. The molecule has 3 aliphatic heterocycles. The van der Waals surface area contributed by atoms with Crippen molar-refractivity contribution in [2.24, 2.45) is 5.41 Å².